The Bertz CT molecular complexity index is 1110. The number of aromatic nitrogens is 1. The van der Waals surface area contributed by atoms with E-state index in [9.17, 15) is 9.90 Å². The molecule has 186 valence electrons. The molecule has 1 aliphatic rings. The van der Waals surface area contributed by atoms with Gasteiger partial charge in [-0.2, -0.15) is 0 Å². The normalized spacial score (nSPS) is 19.4. The summed E-state index contributed by atoms with van der Waals surface area (Å²) in [6, 6.07) is 18.1. The minimum Gasteiger partial charge on any atom is -0.495 e. The van der Waals surface area contributed by atoms with E-state index in [0.29, 0.717) is 18.7 Å². The van der Waals surface area contributed by atoms with Crippen molar-refractivity contribution in [3.8, 4) is 5.75 Å². The quantitative estimate of drug-likeness (QED) is 0.315. The second-order valence-electron chi connectivity index (χ2n) is 9.02. The van der Waals surface area contributed by atoms with Gasteiger partial charge in [0.15, 0.2) is 0 Å². The largest absolute Gasteiger partial charge is 0.495 e. The number of benzene rings is 2. The molecule has 2 aromatic carbocycles. The molecule has 2 heterocycles. The molecule has 0 radical (unpaired) electrons. The van der Waals surface area contributed by atoms with Crippen LogP contribution in [-0.4, -0.2) is 60.6 Å². The monoisotopic (exact) mass is 494 g/mol. The van der Waals surface area contributed by atoms with Gasteiger partial charge in [0.2, 0.25) is 0 Å². The third kappa shape index (κ3) is 6.54. The lowest BCUT2D eigenvalue weighted by Gasteiger charge is -2.37. The molecule has 1 aliphatic heterocycles. The van der Waals surface area contributed by atoms with Crippen molar-refractivity contribution in [3.05, 3.63) is 66.4 Å². The van der Waals surface area contributed by atoms with Crippen molar-refractivity contribution in [2.75, 3.05) is 39.6 Å². The molecule has 0 aliphatic carbocycles. The summed E-state index contributed by atoms with van der Waals surface area (Å²) in [6.07, 6.45) is 3.32. The highest BCUT2D eigenvalue weighted by Gasteiger charge is 2.35. The Kier molecular flexibility index (Phi) is 9.01. The maximum Gasteiger partial charge on any atom is 0.310 e. The Morgan fingerprint density at radius 2 is 2.03 bits per heavy atom. The second kappa shape index (κ2) is 12.4. The first-order chi connectivity index (χ1) is 17.1. The van der Waals surface area contributed by atoms with E-state index in [2.05, 4.69) is 34.1 Å². The van der Waals surface area contributed by atoms with Crippen LogP contribution in [0.5, 0.6) is 5.75 Å². The second-order valence-corrected chi connectivity index (χ2v) is 10.2. The number of pyridine rings is 1. The number of methoxy groups -OCH3 is 2. The van der Waals surface area contributed by atoms with Gasteiger partial charge in [0.25, 0.3) is 0 Å². The number of aliphatic hydroxyl groups is 1. The summed E-state index contributed by atoms with van der Waals surface area (Å²) < 4.78 is 10.5. The number of likely N-dealkylation sites (tertiary alicyclic amines) is 1. The standard InChI is InChI=1S/C28H34N2O4S/c1-33-21-17-24-23(9-6-10-26(24)29-18-21)27(31)12-11-20-13-14-30(19-25(20)28(32)34-2)15-16-35-22-7-4-3-5-8-22/h3-10,17-18,20,25,27,31H,11-16,19H2,1-2H3/t20-,25+,27?/m1/s1. The van der Waals surface area contributed by atoms with Gasteiger partial charge >= 0.3 is 5.97 Å². The van der Waals surface area contributed by atoms with Gasteiger partial charge in [0.1, 0.15) is 5.75 Å². The molecule has 0 saturated carbocycles. The number of rotatable bonds is 10. The van der Waals surface area contributed by atoms with Gasteiger partial charge < -0.3 is 19.5 Å². The molecule has 1 N–H and O–H groups in total. The third-order valence-corrected chi connectivity index (χ3v) is 7.90. The van der Waals surface area contributed by atoms with Crippen LogP contribution < -0.4 is 4.74 Å². The molecule has 6 nitrogen and oxygen atoms in total. The van der Waals surface area contributed by atoms with Crippen molar-refractivity contribution < 1.29 is 19.4 Å². The lowest BCUT2D eigenvalue weighted by atomic mass is 9.81. The van der Waals surface area contributed by atoms with E-state index < -0.39 is 6.10 Å². The minimum absolute atomic E-state index is 0.149. The van der Waals surface area contributed by atoms with Crippen LogP contribution in [-0.2, 0) is 9.53 Å². The molecule has 35 heavy (non-hydrogen) atoms. The average Bonchev–Trinajstić information content (AvgIpc) is 2.91. The number of aliphatic hydroxyl groups excluding tert-OH is 1. The summed E-state index contributed by atoms with van der Waals surface area (Å²) >= 11 is 1.84. The number of hydrogen-bond donors (Lipinski definition) is 1. The Labute approximate surface area is 211 Å². The highest BCUT2D eigenvalue weighted by atomic mass is 32.2. The summed E-state index contributed by atoms with van der Waals surface area (Å²) in [4.78, 5) is 20.7. The first-order valence-electron chi connectivity index (χ1n) is 12.2. The summed E-state index contributed by atoms with van der Waals surface area (Å²) in [5, 5.41) is 12.0. The number of carbonyl (C=O) groups excluding carboxylic acids is 1. The van der Waals surface area contributed by atoms with E-state index in [-0.39, 0.29) is 17.8 Å². The molecular formula is C28H34N2O4S. The number of hydrogen-bond acceptors (Lipinski definition) is 7. The van der Waals surface area contributed by atoms with Crippen LogP contribution in [0.1, 0.15) is 30.9 Å². The smallest absolute Gasteiger partial charge is 0.310 e. The molecule has 7 heteroatoms. The molecule has 1 unspecified atom stereocenters. The van der Waals surface area contributed by atoms with Gasteiger partial charge in [-0.15, -0.1) is 11.8 Å². The SMILES string of the molecule is COC(=O)[C@H]1CN(CCSc2ccccc2)CC[C@H]1CCC(O)c1cccc2ncc(OC)cc12. The Morgan fingerprint density at radius 1 is 1.20 bits per heavy atom. The number of fused-ring (bicyclic) bond motifs is 1. The van der Waals surface area contributed by atoms with Crippen LogP contribution in [0.15, 0.2) is 65.7 Å². The first kappa shape index (κ1) is 25.5. The third-order valence-electron chi connectivity index (χ3n) is 6.90. The van der Waals surface area contributed by atoms with Crippen molar-refractivity contribution in [2.24, 2.45) is 11.8 Å². The predicted molar refractivity (Wildman–Crippen MR) is 140 cm³/mol. The minimum atomic E-state index is -0.633. The van der Waals surface area contributed by atoms with Crippen molar-refractivity contribution in [2.45, 2.75) is 30.3 Å². The molecule has 3 atom stereocenters. The average molecular weight is 495 g/mol. The van der Waals surface area contributed by atoms with Crippen LogP contribution in [0.4, 0.5) is 0 Å². The lowest BCUT2D eigenvalue weighted by molar-refractivity contribution is -0.150. The van der Waals surface area contributed by atoms with Crippen LogP contribution in [0.25, 0.3) is 10.9 Å². The van der Waals surface area contributed by atoms with Crippen LogP contribution in [0.3, 0.4) is 0 Å². The zero-order valence-corrected chi connectivity index (χ0v) is 21.2. The molecule has 0 bridgehead atoms. The summed E-state index contributed by atoms with van der Waals surface area (Å²) in [6.45, 7) is 2.60. The maximum atomic E-state index is 12.6. The lowest BCUT2D eigenvalue weighted by Crippen LogP contribution is -2.45. The maximum absolute atomic E-state index is 12.6. The molecular weight excluding hydrogens is 460 g/mol. The van der Waals surface area contributed by atoms with Gasteiger partial charge in [0.05, 0.1) is 38.0 Å². The topological polar surface area (TPSA) is 71.9 Å². The zero-order valence-electron chi connectivity index (χ0n) is 20.4. The van der Waals surface area contributed by atoms with E-state index in [1.165, 1.54) is 12.0 Å². The highest BCUT2D eigenvalue weighted by molar-refractivity contribution is 7.99. The molecule has 1 saturated heterocycles. The van der Waals surface area contributed by atoms with E-state index in [4.69, 9.17) is 9.47 Å². The van der Waals surface area contributed by atoms with Gasteiger partial charge in [-0.1, -0.05) is 30.3 Å². The van der Waals surface area contributed by atoms with Crippen LogP contribution in [0, 0.1) is 11.8 Å². The van der Waals surface area contributed by atoms with E-state index in [1.54, 1.807) is 13.3 Å². The Morgan fingerprint density at radius 3 is 2.80 bits per heavy atom. The van der Waals surface area contributed by atoms with Gasteiger partial charge in [0, 0.05) is 29.1 Å². The van der Waals surface area contributed by atoms with Crippen molar-refractivity contribution in [1.29, 1.82) is 0 Å². The van der Waals surface area contributed by atoms with E-state index >= 15 is 0 Å². The summed E-state index contributed by atoms with van der Waals surface area (Å²) in [5.74, 6) is 1.53. The molecule has 3 aromatic rings. The molecule has 0 amide bonds. The Balaban J connectivity index is 1.36. The van der Waals surface area contributed by atoms with Crippen molar-refractivity contribution >= 4 is 28.6 Å². The van der Waals surface area contributed by atoms with Crippen LogP contribution >= 0.6 is 11.8 Å². The molecule has 4 rings (SSSR count). The highest BCUT2D eigenvalue weighted by Crippen LogP contribution is 2.34. The van der Waals surface area contributed by atoms with Gasteiger partial charge in [-0.25, -0.2) is 0 Å². The zero-order chi connectivity index (χ0) is 24.6. The number of carbonyl (C=O) groups is 1. The predicted octanol–water partition coefficient (Wildman–Crippen LogP) is 4.96. The van der Waals surface area contributed by atoms with Gasteiger partial charge in [-0.3, -0.25) is 9.78 Å². The number of nitrogens with zero attached hydrogens (tertiary/aromatic N) is 2. The van der Waals surface area contributed by atoms with Crippen LogP contribution in [0.2, 0.25) is 0 Å². The molecule has 0 spiro atoms. The first-order valence-corrected chi connectivity index (χ1v) is 13.2. The van der Waals surface area contributed by atoms with Crippen molar-refractivity contribution in [3.63, 3.8) is 0 Å². The fraction of sp³-hybridized carbons (Fsp3) is 0.429. The fourth-order valence-corrected chi connectivity index (χ4v) is 5.86. The summed E-state index contributed by atoms with van der Waals surface area (Å²) in [5.41, 5.74) is 1.68. The molecule has 1 aromatic heterocycles. The number of piperidine rings is 1. The van der Waals surface area contributed by atoms with Crippen molar-refractivity contribution in [1.82, 2.24) is 9.88 Å². The fourth-order valence-electron chi connectivity index (χ4n) is 4.93. The van der Waals surface area contributed by atoms with E-state index in [1.807, 2.05) is 42.1 Å². The van der Waals surface area contributed by atoms with Gasteiger partial charge in [-0.05, 0) is 61.6 Å². The molecule has 1 fully saturated rings. The number of thioether (sulfide) groups is 1. The summed E-state index contributed by atoms with van der Waals surface area (Å²) in [7, 11) is 3.08. The number of esters is 1. The Hall–Kier alpha value is -2.61. The van der Waals surface area contributed by atoms with E-state index in [0.717, 1.165) is 48.2 Å². The number of ether oxygens (including phenoxy) is 2.